The van der Waals surface area contributed by atoms with Crippen LogP contribution in [0.5, 0.6) is 11.5 Å². The maximum absolute atomic E-state index is 13.3. The van der Waals surface area contributed by atoms with Crippen LogP contribution in [0.3, 0.4) is 0 Å². The topological polar surface area (TPSA) is 84.9 Å². The average molecular weight is 525 g/mol. The number of nitrogens with one attached hydrogen (secondary N) is 1. The van der Waals surface area contributed by atoms with E-state index in [0.717, 1.165) is 16.0 Å². The van der Waals surface area contributed by atoms with E-state index < -0.39 is 17.8 Å². The standard InChI is InChI=1S/C27H22Cl2N2O5/c1-15-4-5-16(2)22(10-15)31-26(33)20(25(32)30-27(31)34)11-18-12-21(29)24(23(13-18)35-3)36-14-17-6-8-19(28)9-7-17/h4-13H,14H2,1-3H3,(H,30,32,34)/b20-11+. The molecule has 7 nitrogen and oxygen atoms in total. The molecule has 0 aromatic heterocycles. The molecule has 3 aromatic rings. The normalized spacial score (nSPS) is 14.8. The number of amides is 4. The van der Waals surface area contributed by atoms with Gasteiger partial charge in [-0.3, -0.25) is 14.9 Å². The predicted molar refractivity (Wildman–Crippen MR) is 139 cm³/mol. The lowest BCUT2D eigenvalue weighted by molar-refractivity contribution is -0.122. The molecule has 3 aromatic carbocycles. The lowest BCUT2D eigenvalue weighted by atomic mass is 10.0. The van der Waals surface area contributed by atoms with Gasteiger partial charge < -0.3 is 9.47 Å². The van der Waals surface area contributed by atoms with Crippen molar-refractivity contribution < 1.29 is 23.9 Å². The first kappa shape index (κ1) is 25.3. The van der Waals surface area contributed by atoms with Gasteiger partial charge in [-0.2, -0.15) is 0 Å². The molecule has 1 saturated heterocycles. The third-order valence-electron chi connectivity index (χ3n) is 5.57. The number of anilines is 1. The molecule has 4 amide bonds. The molecule has 4 rings (SSSR count). The van der Waals surface area contributed by atoms with Gasteiger partial charge in [0, 0.05) is 5.02 Å². The van der Waals surface area contributed by atoms with Crippen LogP contribution >= 0.6 is 23.2 Å². The zero-order valence-corrected chi connectivity index (χ0v) is 21.2. The number of methoxy groups -OCH3 is 1. The molecule has 1 N–H and O–H groups in total. The van der Waals surface area contributed by atoms with Crippen molar-refractivity contribution in [3.05, 3.63) is 92.5 Å². The Morgan fingerprint density at radius 1 is 0.972 bits per heavy atom. The number of nitrogens with zero attached hydrogens (tertiary/aromatic N) is 1. The molecular formula is C27H22Cl2N2O5. The Kier molecular flexibility index (Phi) is 7.33. The van der Waals surface area contributed by atoms with Crippen molar-refractivity contribution in [1.82, 2.24) is 5.32 Å². The van der Waals surface area contributed by atoms with Gasteiger partial charge in [-0.1, -0.05) is 47.5 Å². The minimum atomic E-state index is -0.808. The summed E-state index contributed by atoms with van der Waals surface area (Å²) in [5.41, 5.74) is 3.06. The zero-order chi connectivity index (χ0) is 26.0. The van der Waals surface area contributed by atoms with Gasteiger partial charge >= 0.3 is 6.03 Å². The molecular weight excluding hydrogens is 503 g/mol. The van der Waals surface area contributed by atoms with Crippen LogP contribution in [0.15, 0.2) is 60.2 Å². The van der Waals surface area contributed by atoms with E-state index in [4.69, 9.17) is 32.7 Å². The molecule has 184 valence electrons. The highest BCUT2D eigenvalue weighted by Crippen LogP contribution is 2.38. The van der Waals surface area contributed by atoms with E-state index >= 15 is 0 Å². The molecule has 1 aliphatic heterocycles. The minimum absolute atomic E-state index is 0.219. The second-order valence-electron chi connectivity index (χ2n) is 8.20. The van der Waals surface area contributed by atoms with Gasteiger partial charge in [-0.25, -0.2) is 9.69 Å². The quantitative estimate of drug-likeness (QED) is 0.322. The summed E-state index contributed by atoms with van der Waals surface area (Å²) in [7, 11) is 1.46. The number of urea groups is 1. The van der Waals surface area contributed by atoms with Crippen LogP contribution in [0, 0.1) is 13.8 Å². The van der Waals surface area contributed by atoms with Gasteiger partial charge in [0.25, 0.3) is 11.8 Å². The number of hydrogen-bond donors (Lipinski definition) is 1. The summed E-state index contributed by atoms with van der Waals surface area (Å²) in [5.74, 6) is -0.919. The van der Waals surface area contributed by atoms with Crippen molar-refractivity contribution in [2.45, 2.75) is 20.5 Å². The monoisotopic (exact) mass is 524 g/mol. The van der Waals surface area contributed by atoms with E-state index in [1.54, 1.807) is 43.3 Å². The first-order valence-corrected chi connectivity index (χ1v) is 11.7. The second kappa shape index (κ2) is 10.4. The molecule has 1 fully saturated rings. The molecule has 9 heteroatoms. The molecule has 1 heterocycles. The summed E-state index contributed by atoms with van der Waals surface area (Å²) in [6.07, 6.45) is 1.36. The number of ether oxygens (including phenoxy) is 2. The maximum Gasteiger partial charge on any atom is 0.335 e. The van der Waals surface area contributed by atoms with Gasteiger partial charge in [0.05, 0.1) is 17.8 Å². The summed E-state index contributed by atoms with van der Waals surface area (Å²) in [6, 6.07) is 14.9. The first-order valence-electron chi connectivity index (χ1n) is 10.9. The van der Waals surface area contributed by atoms with Crippen LogP contribution in [0.25, 0.3) is 6.08 Å². The predicted octanol–water partition coefficient (Wildman–Crippen LogP) is 5.86. The Morgan fingerprint density at radius 2 is 1.69 bits per heavy atom. The van der Waals surface area contributed by atoms with E-state index in [1.165, 1.54) is 13.2 Å². The molecule has 36 heavy (non-hydrogen) atoms. The van der Waals surface area contributed by atoms with Crippen molar-refractivity contribution in [2.24, 2.45) is 0 Å². The molecule has 0 radical (unpaired) electrons. The number of benzene rings is 3. The van der Waals surface area contributed by atoms with Crippen LogP contribution in [0.4, 0.5) is 10.5 Å². The van der Waals surface area contributed by atoms with Crippen LogP contribution in [0.1, 0.15) is 22.3 Å². The van der Waals surface area contributed by atoms with Crippen LogP contribution in [0.2, 0.25) is 10.0 Å². The number of hydrogen-bond acceptors (Lipinski definition) is 5. The van der Waals surface area contributed by atoms with E-state index in [-0.39, 0.29) is 17.2 Å². The lowest BCUT2D eigenvalue weighted by Gasteiger charge is -2.27. The average Bonchev–Trinajstić information content (AvgIpc) is 2.84. The molecule has 0 saturated carbocycles. The van der Waals surface area contributed by atoms with E-state index in [0.29, 0.717) is 33.3 Å². The maximum atomic E-state index is 13.3. The van der Waals surface area contributed by atoms with Gasteiger partial charge in [-0.15, -0.1) is 0 Å². The number of rotatable bonds is 6. The largest absolute Gasteiger partial charge is 0.493 e. The van der Waals surface area contributed by atoms with E-state index in [9.17, 15) is 14.4 Å². The fourth-order valence-corrected chi connectivity index (χ4v) is 4.10. The lowest BCUT2D eigenvalue weighted by Crippen LogP contribution is -2.54. The third-order valence-corrected chi connectivity index (χ3v) is 6.10. The molecule has 1 aliphatic rings. The van der Waals surface area contributed by atoms with Gasteiger partial charge in [0.1, 0.15) is 12.2 Å². The molecule has 0 aliphatic carbocycles. The molecule has 0 unspecified atom stereocenters. The first-order chi connectivity index (χ1) is 17.2. The van der Waals surface area contributed by atoms with Crippen molar-refractivity contribution in [3.63, 3.8) is 0 Å². The highest BCUT2D eigenvalue weighted by molar-refractivity contribution is 6.39. The summed E-state index contributed by atoms with van der Waals surface area (Å²) in [5, 5.41) is 3.07. The molecule has 0 atom stereocenters. The third kappa shape index (κ3) is 5.22. The summed E-state index contributed by atoms with van der Waals surface area (Å²) < 4.78 is 11.3. The van der Waals surface area contributed by atoms with Crippen LogP contribution in [-0.4, -0.2) is 25.0 Å². The number of carbonyl (C=O) groups is 3. The van der Waals surface area contributed by atoms with Crippen molar-refractivity contribution in [2.75, 3.05) is 12.0 Å². The highest BCUT2D eigenvalue weighted by Gasteiger charge is 2.37. The summed E-state index contributed by atoms with van der Waals surface area (Å²) in [4.78, 5) is 39.4. The summed E-state index contributed by atoms with van der Waals surface area (Å²) >= 11 is 12.4. The van der Waals surface area contributed by atoms with Gasteiger partial charge in [0.2, 0.25) is 0 Å². The second-order valence-corrected chi connectivity index (χ2v) is 9.04. The minimum Gasteiger partial charge on any atom is -0.493 e. The number of halogens is 2. The number of imide groups is 2. The SMILES string of the molecule is COc1cc(/C=C2\C(=O)NC(=O)N(c3cc(C)ccc3C)C2=O)cc(Cl)c1OCc1ccc(Cl)cc1. The van der Waals surface area contributed by atoms with Crippen LogP contribution < -0.4 is 19.7 Å². The Morgan fingerprint density at radius 3 is 2.39 bits per heavy atom. The van der Waals surface area contributed by atoms with Crippen molar-refractivity contribution in [3.8, 4) is 11.5 Å². The highest BCUT2D eigenvalue weighted by atomic mass is 35.5. The Labute approximate surface area is 218 Å². The smallest absolute Gasteiger partial charge is 0.335 e. The van der Waals surface area contributed by atoms with Gasteiger partial charge in [-0.05, 0) is 72.5 Å². The fourth-order valence-electron chi connectivity index (χ4n) is 3.70. The number of aryl methyl sites for hydroxylation is 2. The number of carbonyl (C=O) groups excluding carboxylic acids is 3. The fraction of sp³-hybridized carbons (Fsp3) is 0.148. The van der Waals surface area contributed by atoms with E-state index in [2.05, 4.69) is 5.32 Å². The van der Waals surface area contributed by atoms with E-state index in [1.807, 2.05) is 25.1 Å². The van der Waals surface area contributed by atoms with Crippen molar-refractivity contribution >= 4 is 52.8 Å². The Hall–Kier alpha value is -3.81. The Bertz CT molecular complexity index is 1400. The Balaban J connectivity index is 1.66. The molecule has 0 spiro atoms. The van der Waals surface area contributed by atoms with Crippen molar-refractivity contribution in [1.29, 1.82) is 0 Å². The summed E-state index contributed by atoms with van der Waals surface area (Å²) in [6.45, 7) is 3.85. The van der Waals surface area contributed by atoms with Crippen LogP contribution in [-0.2, 0) is 16.2 Å². The zero-order valence-electron chi connectivity index (χ0n) is 19.7. The molecule has 0 bridgehead atoms. The van der Waals surface area contributed by atoms with Gasteiger partial charge in [0.15, 0.2) is 11.5 Å². The number of barbiturate groups is 1.